The van der Waals surface area contributed by atoms with Gasteiger partial charge < -0.3 is 11.1 Å². The lowest BCUT2D eigenvalue weighted by Crippen LogP contribution is -2.59. The minimum absolute atomic E-state index is 0.0319. The predicted octanol–water partition coefficient (Wildman–Crippen LogP) is 1.69. The highest BCUT2D eigenvalue weighted by molar-refractivity contribution is 5.88. The molecule has 0 spiro atoms. The van der Waals surface area contributed by atoms with Crippen molar-refractivity contribution < 1.29 is 9.59 Å². The highest BCUT2D eigenvalue weighted by atomic mass is 16.2. The molecule has 3 N–H and O–H groups in total. The highest BCUT2D eigenvalue weighted by Crippen LogP contribution is 2.34. The van der Waals surface area contributed by atoms with Crippen LogP contribution in [0.2, 0.25) is 0 Å². The smallest absolute Gasteiger partial charge is 0.241 e. The molecule has 142 valence electrons. The minimum atomic E-state index is -0.629. The molecule has 1 aliphatic carbocycles. The molecule has 2 aromatic rings. The lowest BCUT2D eigenvalue weighted by Gasteiger charge is -2.37. The Hall–Kier alpha value is -2.66. The molecule has 0 atom stereocenters. The Balaban J connectivity index is 1.75. The molecule has 0 bridgehead atoms. The summed E-state index contributed by atoms with van der Waals surface area (Å²) in [5, 5.41) is 2.93. The van der Waals surface area contributed by atoms with Crippen LogP contribution >= 0.6 is 0 Å². The maximum atomic E-state index is 13.2. The van der Waals surface area contributed by atoms with Crippen LogP contribution in [-0.4, -0.2) is 42.4 Å². The van der Waals surface area contributed by atoms with E-state index in [-0.39, 0.29) is 18.9 Å². The molecule has 0 unspecified atom stereocenters. The number of hydrogen-bond acceptors (Lipinski definition) is 3. The predicted molar refractivity (Wildman–Crippen MR) is 106 cm³/mol. The van der Waals surface area contributed by atoms with E-state index in [0.717, 1.165) is 13.0 Å². The lowest BCUT2D eigenvalue weighted by atomic mass is 9.91. The number of hydrogen-bond donors (Lipinski definition) is 2. The van der Waals surface area contributed by atoms with E-state index in [1.165, 1.54) is 16.7 Å². The third kappa shape index (κ3) is 4.37. The number of carbonyl (C=O) groups excluding carboxylic acids is 2. The minimum Gasteiger partial charge on any atom is -0.370 e. The first-order valence-corrected chi connectivity index (χ1v) is 9.40. The first-order valence-electron chi connectivity index (χ1n) is 9.40. The number of benzene rings is 2. The van der Waals surface area contributed by atoms with Crippen molar-refractivity contribution >= 4 is 11.8 Å². The first kappa shape index (κ1) is 19.1. The Morgan fingerprint density at radius 3 is 2.22 bits per heavy atom. The van der Waals surface area contributed by atoms with Crippen molar-refractivity contribution in [1.82, 2.24) is 10.2 Å². The van der Waals surface area contributed by atoms with E-state index in [2.05, 4.69) is 34.5 Å². The van der Waals surface area contributed by atoms with Crippen molar-refractivity contribution in [2.24, 2.45) is 5.73 Å². The number of amides is 2. The van der Waals surface area contributed by atoms with Gasteiger partial charge in [-0.3, -0.25) is 14.5 Å². The van der Waals surface area contributed by atoms with Crippen LogP contribution in [0.4, 0.5) is 0 Å². The van der Waals surface area contributed by atoms with Crippen LogP contribution in [0, 0.1) is 0 Å². The number of nitrogens with one attached hydrogen (secondary N) is 1. The van der Waals surface area contributed by atoms with E-state index < -0.39 is 11.4 Å². The number of fused-ring (bicyclic) bond motifs is 1. The maximum Gasteiger partial charge on any atom is 0.241 e. The lowest BCUT2D eigenvalue weighted by molar-refractivity contribution is -0.132. The summed E-state index contributed by atoms with van der Waals surface area (Å²) in [5.41, 5.74) is 8.26. The van der Waals surface area contributed by atoms with E-state index in [1.54, 1.807) is 0 Å². The van der Waals surface area contributed by atoms with Crippen molar-refractivity contribution in [3.05, 3.63) is 71.3 Å². The van der Waals surface area contributed by atoms with Crippen molar-refractivity contribution in [2.75, 3.05) is 20.1 Å². The average Bonchev–Trinajstić information content (AvgIpc) is 3.07. The third-order valence-corrected chi connectivity index (χ3v) is 5.47. The van der Waals surface area contributed by atoms with Gasteiger partial charge in [-0.1, -0.05) is 54.6 Å². The fraction of sp³-hybridized carbons (Fsp3) is 0.364. The van der Waals surface area contributed by atoms with Crippen LogP contribution < -0.4 is 11.1 Å². The van der Waals surface area contributed by atoms with Gasteiger partial charge >= 0.3 is 0 Å². The summed E-state index contributed by atoms with van der Waals surface area (Å²) < 4.78 is 0. The molecular weight excluding hydrogens is 338 g/mol. The van der Waals surface area contributed by atoms with E-state index in [4.69, 9.17) is 5.73 Å². The van der Waals surface area contributed by atoms with E-state index in [0.29, 0.717) is 12.8 Å². The first-order chi connectivity index (χ1) is 13.0. The summed E-state index contributed by atoms with van der Waals surface area (Å²) in [7, 11) is 2.02. The Morgan fingerprint density at radius 2 is 1.63 bits per heavy atom. The van der Waals surface area contributed by atoms with Crippen LogP contribution in [0.25, 0.3) is 0 Å². The number of rotatable bonds is 8. The van der Waals surface area contributed by atoms with Crippen molar-refractivity contribution in [2.45, 2.75) is 31.2 Å². The van der Waals surface area contributed by atoms with Gasteiger partial charge in [-0.2, -0.15) is 0 Å². The monoisotopic (exact) mass is 365 g/mol. The molecule has 0 aliphatic heterocycles. The Labute approximate surface area is 160 Å². The van der Waals surface area contributed by atoms with Crippen molar-refractivity contribution in [1.29, 1.82) is 0 Å². The summed E-state index contributed by atoms with van der Waals surface area (Å²) in [4.78, 5) is 26.3. The second kappa shape index (κ2) is 8.35. The number of carbonyl (C=O) groups is 2. The number of primary amides is 1. The molecule has 2 amide bonds. The Kier molecular flexibility index (Phi) is 5.91. The van der Waals surface area contributed by atoms with E-state index in [1.807, 2.05) is 37.4 Å². The molecule has 0 saturated heterocycles. The number of likely N-dealkylation sites (N-methyl/N-ethyl adjacent to an activating group) is 1. The van der Waals surface area contributed by atoms with Gasteiger partial charge in [0, 0.05) is 32.4 Å². The van der Waals surface area contributed by atoms with Gasteiger partial charge in [0.2, 0.25) is 11.8 Å². The number of nitrogens with zero attached hydrogens (tertiary/aromatic N) is 1. The molecule has 0 saturated carbocycles. The zero-order chi connectivity index (χ0) is 19.3. The summed E-state index contributed by atoms with van der Waals surface area (Å²) >= 11 is 0. The van der Waals surface area contributed by atoms with Gasteiger partial charge in [0.15, 0.2) is 0 Å². The fourth-order valence-corrected chi connectivity index (χ4v) is 3.82. The van der Waals surface area contributed by atoms with Crippen LogP contribution in [0.15, 0.2) is 54.6 Å². The molecular formula is C22H27N3O2. The molecule has 0 aromatic heterocycles. The third-order valence-electron chi connectivity index (χ3n) is 5.47. The van der Waals surface area contributed by atoms with Gasteiger partial charge in [0.25, 0.3) is 0 Å². The van der Waals surface area contributed by atoms with E-state index >= 15 is 0 Å². The Morgan fingerprint density at radius 1 is 1.04 bits per heavy atom. The number of nitrogens with two attached hydrogens (primary N) is 1. The molecule has 0 heterocycles. The van der Waals surface area contributed by atoms with Crippen molar-refractivity contribution in [3.8, 4) is 0 Å². The second-order valence-electron chi connectivity index (χ2n) is 7.28. The molecule has 5 nitrogen and oxygen atoms in total. The Bertz CT molecular complexity index is 779. The van der Waals surface area contributed by atoms with Gasteiger partial charge in [-0.15, -0.1) is 0 Å². The van der Waals surface area contributed by atoms with Crippen molar-refractivity contribution in [3.63, 3.8) is 0 Å². The molecule has 2 aromatic carbocycles. The fourth-order valence-electron chi connectivity index (χ4n) is 3.82. The average molecular weight is 365 g/mol. The van der Waals surface area contributed by atoms with Crippen LogP contribution in [-0.2, 0) is 28.9 Å². The summed E-state index contributed by atoms with van der Waals surface area (Å²) in [6, 6.07) is 18.5. The zero-order valence-corrected chi connectivity index (χ0v) is 15.8. The molecule has 3 rings (SSSR count). The normalized spacial score (nSPS) is 14.7. The largest absolute Gasteiger partial charge is 0.370 e. The maximum absolute atomic E-state index is 13.2. The van der Waals surface area contributed by atoms with Gasteiger partial charge in [0.05, 0.1) is 0 Å². The summed E-state index contributed by atoms with van der Waals surface area (Å²) in [6.07, 6.45) is 2.39. The quantitative estimate of drug-likeness (QED) is 0.747. The second-order valence-corrected chi connectivity index (χ2v) is 7.28. The molecule has 0 radical (unpaired) electrons. The van der Waals surface area contributed by atoms with Gasteiger partial charge in [0.1, 0.15) is 5.54 Å². The standard InChI is InChI=1S/C22H27N3O2/c1-25(14-12-17-7-3-2-4-8-17)22(21(27)24-13-11-20(23)26)15-18-9-5-6-10-19(18)16-22/h2-10H,11-16H2,1H3,(H2,23,26)(H,24,27). The molecule has 5 heteroatoms. The topological polar surface area (TPSA) is 75.4 Å². The summed E-state index contributed by atoms with van der Waals surface area (Å²) in [5.74, 6) is -0.438. The zero-order valence-electron chi connectivity index (χ0n) is 15.8. The highest BCUT2D eigenvalue weighted by Gasteiger charge is 2.46. The molecule has 0 fully saturated rings. The van der Waals surface area contributed by atoms with Crippen LogP contribution in [0.1, 0.15) is 23.1 Å². The molecule has 1 aliphatic rings. The summed E-state index contributed by atoms with van der Waals surface area (Å²) in [6.45, 7) is 1.06. The van der Waals surface area contributed by atoms with Crippen LogP contribution in [0.3, 0.4) is 0 Å². The molecule has 27 heavy (non-hydrogen) atoms. The van der Waals surface area contributed by atoms with E-state index in [9.17, 15) is 9.59 Å². The van der Waals surface area contributed by atoms with Gasteiger partial charge in [-0.05, 0) is 30.2 Å². The van der Waals surface area contributed by atoms with Crippen LogP contribution in [0.5, 0.6) is 0 Å². The van der Waals surface area contributed by atoms with Gasteiger partial charge in [-0.25, -0.2) is 0 Å². The SMILES string of the molecule is CN(CCc1ccccc1)C1(C(=O)NCCC(N)=O)Cc2ccccc2C1.